The second-order valence-corrected chi connectivity index (χ2v) is 5.09. The summed E-state index contributed by atoms with van der Waals surface area (Å²) in [6, 6.07) is 0. The minimum atomic E-state index is -0.477. The van der Waals surface area contributed by atoms with Crippen LogP contribution < -0.4 is 10.6 Å². The number of nitrogens with zero attached hydrogens (tertiary/aromatic N) is 2. The molecule has 18 heavy (non-hydrogen) atoms. The highest BCUT2D eigenvalue weighted by atomic mass is 16.3. The summed E-state index contributed by atoms with van der Waals surface area (Å²) in [4.78, 5) is 8.91. The zero-order valence-electron chi connectivity index (χ0n) is 12.1. The van der Waals surface area contributed by atoms with Gasteiger partial charge in [0.2, 0.25) is 0 Å². The van der Waals surface area contributed by atoms with Crippen molar-refractivity contribution in [1.82, 2.24) is 9.97 Å². The smallest absolute Gasteiger partial charge is 0.135 e. The lowest BCUT2D eigenvalue weighted by molar-refractivity contribution is 0.133. The zero-order valence-corrected chi connectivity index (χ0v) is 12.1. The summed E-state index contributed by atoms with van der Waals surface area (Å²) in [6.07, 6.45) is 0.300. The molecule has 0 aliphatic carbocycles. The van der Waals surface area contributed by atoms with Crippen LogP contribution in [0.3, 0.4) is 0 Å². The highest BCUT2D eigenvalue weighted by Gasteiger charge is 2.25. The van der Waals surface area contributed by atoms with E-state index in [4.69, 9.17) is 0 Å². The van der Waals surface area contributed by atoms with Gasteiger partial charge >= 0.3 is 0 Å². The van der Waals surface area contributed by atoms with E-state index in [1.165, 1.54) is 0 Å². The van der Waals surface area contributed by atoms with Crippen molar-refractivity contribution in [2.24, 2.45) is 0 Å². The Morgan fingerprint density at radius 2 is 1.83 bits per heavy atom. The first-order chi connectivity index (χ1) is 8.31. The topological polar surface area (TPSA) is 70.1 Å². The number of aryl methyl sites for hydroxylation is 1. The number of anilines is 2. The molecule has 0 fully saturated rings. The van der Waals surface area contributed by atoms with Crippen LogP contribution in [-0.4, -0.2) is 33.8 Å². The van der Waals surface area contributed by atoms with E-state index >= 15 is 0 Å². The molecule has 0 aromatic carbocycles. The number of hydrogen-bond acceptors (Lipinski definition) is 5. The van der Waals surface area contributed by atoms with Gasteiger partial charge in [0.05, 0.1) is 11.6 Å². The van der Waals surface area contributed by atoms with Gasteiger partial charge in [-0.25, -0.2) is 9.97 Å². The molecule has 0 amide bonds. The van der Waals surface area contributed by atoms with Gasteiger partial charge in [-0.05, 0) is 27.7 Å². The third-order valence-electron chi connectivity index (χ3n) is 3.23. The number of nitrogens with one attached hydrogen (secondary N) is 2. The van der Waals surface area contributed by atoms with E-state index < -0.39 is 11.6 Å². The first-order valence-corrected chi connectivity index (χ1v) is 6.33. The molecule has 1 unspecified atom stereocenters. The van der Waals surface area contributed by atoms with Crippen LogP contribution in [0.4, 0.5) is 11.6 Å². The molecule has 0 saturated carbocycles. The minimum Gasteiger partial charge on any atom is -0.391 e. The van der Waals surface area contributed by atoms with Crippen LogP contribution in [0.1, 0.15) is 39.1 Å². The van der Waals surface area contributed by atoms with E-state index in [0.29, 0.717) is 0 Å². The number of hydrogen-bond donors (Lipinski definition) is 3. The molecule has 1 aromatic rings. The second-order valence-electron chi connectivity index (χ2n) is 5.09. The standard InChI is InChI=1S/C13H24N4O/c1-7-10-15-11(14-6)8(2)12(16-10)17-13(4,5)9(3)18/h9,18H,7H2,1-6H3,(H2,14,15,16,17). The lowest BCUT2D eigenvalue weighted by atomic mass is 9.98. The Kier molecular flexibility index (Phi) is 4.51. The largest absolute Gasteiger partial charge is 0.391 e. The van der Waals surface area contributed by atoms with Crippen molar-refractivity contribution in [2.45, 2.75) is 52.7 Å². The molecule has 102 valence electrons. The van der Waals surface area contributed by atoms with Crippen molar-refractivity contribution in [3.8, 4) is 0 Å². The van der Waals surface area contributed by atoms with Gasteiger partial charge in [0.15, 0.2) is 0 Å². The van der Waals surface area contributed by atoms with Gasteiger partial charge in [-0.3, -0.25) is 0 Å². The molecule has 1 heterocycles. The Morgan fingerprint density at radius 1 is 1.28 bits per heavy atom. The fraction of sp³-hybridized carbons (Fsp3) is 0.692. The summed E-state index contributed by atoms with van der Waals surface area (Å²) in [5.41, 5.74) is 0.526. The van der Waals surface area contributed by atoms with E-state index in [0.717, 1.165) is 29.4 Å². The van der Waals surface area contributed by atoms with Crippen molar-refractivity contribution in [3.63, 3.8) is 0 Å². The fourth-order valence-electron chi connectivity index (χ4n) is 1.50. The van der Waals surface area contributed by atoms with E-state index in [1.807, 2.05) is 34.7 Å². The molecule has 0 radical (unpaired) electrons. The average molecular weight is 252 g/mol. The fourth-order valence-corrected chi connectivity index (χ4v) is 1.50. The maximum absolute atomic E-state index is 9.76. The molecule has 1 aromatic heterocycles. The molecule has 0 saturated heterocycles. The molecule has 0 spiro atoms. The quantitative estimate of drug-likeness (QED) is 0.747. The summed E-state index contributed by atoms with van der Waals surface area (Å²) < 4.78 is 0. The van der Waals surface area contributed by atoms with E-state index in [2.05, 4.69) is 20.6 Å². The number of aromatic nitrogens is 2. The van der Waals surface area contributed by atoms with Crippen molar-refractivity contribution < 1.29 is 5.11 Å². The molecule has 5 nitrogen and oxygen atoms in total. The molecular formula is C13H24N4O. The van der Waals surface area contributed by atoms with Crippen LogP contribution in [0.5, 0.6) is 0 Å². The predicted molar refractivity (Wildman–Crippen MR) is 75.1 cm³/mol. The molecule has 1 atom stereocenters. The SMILES string of the molecule is CCc1nc(NC)c(C)c(NC(C)(C)C(C)O)n1. The average Bonchev–Trinajstić information content (AvgIpc) is 2.31. The Bertz CT molecular complexity index is 416. The lowest BCUT2D eigenvalue weighted by Gasteiger charge is -2.31. The highest BCUT2D eigenvalue weighted by molar-refractivity contribution is 5.58. The van der Waals surface area contributed by atoms with Crippen molar-refractivity contribution in [2.75, 3.05) is 17.7 Å². The normalized spacial score (nSPS) is 13.3. The molecular weight excluding hydrogens is 228 g/mol. The Morgan fingerprint density at radius 3 is 2.28 bits per heavy atom. The molecule has 1 rings (SSSR count). The monoisotopic (exact) mass is 252 g/mol. The predicted octanol–water partition coefficient (Wildman–Crippen LogP) is 1.96. The maximum Gasteiger partial charge on any atom is 0.135 e. The van der Waals surface area contributed by atoms with Crippen molar-refractivity contribution in [3.05, 3.63) is 11.4 Å². The Hall–Kier alpha value is -1.36. The molecule has 0 bridgehead atoms. The van der Waals surface area contributed by atoms with Gasteiger partial charge in [-0.15, -0.1) is 0 Å². The molecule has 5 heteroatoms. The summed E-state index contributed by atoms with van der Waals surface area (Å²) in [5, 5.41) is 16.1. The molecule has 0 aliphatic heterocycles. The minimum absolute atomic E-state index is 0.435. The van der Waals surface area contributed by atoms with Crippen molar-refractivity contribution in [1.29, 1.82) is 0 Å². The van der Waals surface area contributed by atoms with Crippen LogP contribution in [0.2, 0.25) is 0 Å². The Balaban J connectivity index is 3.15. The number of rotatable bonds is 5. The van der Waals surface area contributed by atoms with Crippen LogP contribution in [0.15, 0.2) is 0 Å². The van der Waals surface area contributed by atoms with Crippen molar-refractivity contribution >= 4 is 11.6 Å². The first-order valence-electron chi connectivity index (χ1n) is 6.33. The third-order valence-corrected chi connectivity index (χ3v) is 3.23. The van der Waals surface area contributed by atoms with Gasteiger partial charge in [0.25, 0.3) is 0 Å². The zero-order chi connectivity index (χ0) is 13.9. The molecule has 0 aliphatic rings. The lowest BCUT2D eigenvalue weighted by Crippen LogP contribution is -2.42. The van der Waals surface area contributed by atoms with Crippen LogP contribution in [-0.2, 0) is 6.42 Å². The summed E-state index contributed by atoms with van der Waals surface area (Å²) in [7, 11) is 1.85. The number of aliphatic hydroxyl groups excluding tert-OH is 1. The van der Waals surface area contributed by atoms with Gasteiger partial charge in [-0.2, -0.15) is 0 Å². The maximum atomic E-state index is 9.76. The van der Waals surface area contributed by atoms with Gasteiger partial charge < -0.3 is 15.7 Å². The van der Waals surface area contributed by atoms with Crippen LogP contribution in [0, 0.1) is 6.92 Å². The van der Waals surface area contributed by atoms with Gasteiger partial charge in [0, 0.05) is 19.0 Å². The van der Waals surface area contributed by atoms with Crippen LogP contribution >= 0.6 is 0 Å². The van der Waals surface area contributed by atoms with E-state index in [1.54, 1.807) is 6.92 Å². The van der Waals surface area contributed by atoms with E-state index in [9.17, 15) is 5.11 Å². The number of aliphatic hydroxyl groups is 1. The summed E-state index contributed by atoms with van der Waals surface area (Å²) in [6.45, 7) is 9.65. The summed E-state index contributed by atoms with van der Waals surface area (Å²) in [5.74, 6) is 2.39. The second kappa shape index (κ2) is 5.52. The third kappa shape index (κ3) is 3.10. The van der Waals surface area contributed by atoms with Gasteiger partial charge in [-0.1, -0.05) is 6.92 Å². The highest BCUT2D eigenvalue weighted by Crippen LogP contribution is 2.24. The van der Waals surface area contributed by atoms with E-state index in [-0.39, 0.29) is 0 Å². The first kappa shape index (κ1) is 14.7. The van der Waals surface area contributed by atoms with Crippen LogP contribution in [0.25, 0.3) is 0 Å². The molecule has 3 N–H and O–H groups in total. The Labute approximate surface area is 109 Å². The summed E-state index contributed by atoms with van der Waals surface area (Å²) >= 11 is 0. The van der Waals surface area contributed by atoms with Gasteiger partial charge in [0.1, 0.15) is 17.5 Å².